The van der Waals surface area contributed by atoms with Crippen LogP contribution in [0.4, 0.5) is 0 Å². The molecule has 0 aromatic carbocycles. The lowest BCUT2D eigenvalue weighted by Gasteiger charge is -2.27. The van der Waals surface area contributed by atoms with Crippen LogP contribution in [0.5, 0.6) is 0 Å². The minimum Gasteiger partial charge on any atom is -0.459 e. The number of ether oxygens (including phenoxy) is 2. The first kappa shape index (κ1) is 15.0. The second-order valence-electron chi connectivity index (χ2n) is 5.38. The number of rotatable bonds is 5. The molecule has 1 aliphatic rings. The van der Waals surface area contributed by atoms with E-state index in [1.807, 2.05) is 13.8 Å². The van der Waals surface area contributed by atoms with Crippen LogP contribution >= 0.6 is 0 Å². The van der Waals surface area contributed by atoms with E-state index in [9.17, 15) is 4.79 Å². The van der Waals surface area contributed by atoms with Gasteiger partial charge in [-0.1, -0.05) is 12.1 Å². The molecule has 1 aromatic heterocycles. The highest BCUT2D eigenvalue weighted by Crippen LogP contribution is 2.23. The normalized spacial score (nSPS) is 17.9. The van der Waals surface area contributed by atoms with Crippen molar-refractivity contribution in [3.8, 4) is 0 Å². The van der Waals surface area contributed by atoms with Gasteiger partial charge in [0.1, 0.15) is 11.7 Å². The van der Waals surface area contributed by atoms with Crippen LogP contribution in [0.1, 0.15) is 54.9 Å². The van der Waals surface area contributed by atoms with E-state index >= 15 is 0 Å². The molecule has 0 amide bonds. The molecule has 2 heterocycles. The van der Waals surface area contributed by atoms with Gasteiger partial charge in [-0.3, -0.25) is 0 Å². The minimum absolute atomic E-state index is 0.102. The molecule has 0 saturated carbocycles. The molecule has 0 aliphatic carbocycles. The smallest absolute Gasteiger partial charge is 0.343 e. The van der Waals surface area contributed by atoms with Crippen molar-refractivity contribution in [3.63, 3.8) is 0 Å². The molecule has 1 fully saturated rings. The molecule has 0 N–H and O–H groups in total. The summed E-state index contributed by atoms with van der Waals surface area (Å²) in [7, 11) is 0. The molecule has 112 valence electrons. The highest BCUT2D eigenvalue weighted by Gasteiger charge is 2.27. The fourth-order valence-corrected chi connectivity index (χ4v) is 2.59. The molecule has 0 spiro atoms. The zero-order chi connectivity index (χ0) is 14.5. The largest absolute Gasteiger partial charge is 0.459 e. The Balaban J connectivity index is 2.02. The summed E-state index contributed by atoms with van der Waals surface area (Å²) >= 11 is 0. The zero-order valence-electron chi connectivity index (χ0n) is 12.5. The van der Waals surface area contributed by atoms with Crippen LogP contribution in [-0.2, 0) is 15.9 Å². The van der Waals surface area contributed by atoms with Gasteiger partial charge in [-0.2, -0.15) is 0 Å². The van der Waals surface area contributed by atoms with E-state index in [1.54, 1.807) is 6.92 Å². The molecule has 0 bridgehead atoms. The Morgan fingerprint density at radius 1 is 1.45 bits per heavy atom. The van der Waals surface area contributed by atoms with E-state index in [4.69, 9.17) is 14.0 Å². The van der Waals surface area contributed by atoms with E-state index < -0.39 is 0 Å². The lowest BCUT2D eigenvalue weighted by molar-refractivity contribution is -0.0120. The predicted octanol–water partition coefficient (Wildman–Crippen LogP) is 2.91. The van der Waals surface area contributed by atoms with E-state index in [2.05, 4.69) is 5.16 Å². The van der Waals surface area contributed by atoms with Gasteiger partial charge in [-0.05, 0) is 33.1 Å². The summed E-state index contributed by atoms with van der Waals surface area (Å²) < 4.78 is 16.2. The van der Waals surface area contributed by atoms with Gasteiger partial charge < -0.3 is 14.0 Å². The van der Waals surface area contributed by atoms with Crippen molar-refractivity contribution in [2.75, 3.05) is 13.2 Å². The molecule has 1 unspecified atom stereocenters. The fourth-order valence-electron chi connectivity index (χ4n) is 2.59. The summed E-state index contributed by atoms with van der Waals surface area (Å²) in [5, 5.41) is 3.88. The van der Waals surface area contributed by atoms with Gasteiger partial charge in [0.2, 0.25) is 0 Å². The van der Waals surface area contributed by atoms with Crippen LogP contribution in [0.3, 0.4) is 0 Å². The maximum Gasteiger partial charge on any atom is 0.343 e. The summed E-state index contributed by atoms with van der Waals surface area (Å²) in [6.07, 6.45) is 3.40. The zero-order valence-corrected chi connectivity index (χ0v) is 12.5. The number of nitrogens with zero attached hydrogens (tertiary/aromatic N) is 1. The van der Waals surface area contributed by atoms with Crippen LogP contribution in [-0.4, -0.2) is 30.4 Å². The van der Waals surface area contributed by atoms with Crippen molar-refractivity contribution in [3.05, 3.63) is 17.0 Å². The minimum atomic E-state index is -0.314. The topological polar surface area (TPSA) is 61.6 Å². The Kier molecular flexibility index (Phi) is 5.17. The second-order valence-corrected chi connectivity index (χ2v) is 5.38. The summed E-state index contributed by atoms with van der Waals surface area (Å²) in [6.45, 7) is 7.27. The number of hydrogen-bond acceptors (Lipinski definition) is 5. The Hall–Kier alpha value is -1.36. The number of esters is 1. The summed E-state index contributed by atoms with van der Waals surface area (Å²) in [5.74, 6) is 0.697. The van der Waals surface area contributed by atoms with Crippen molar-refractivity contribution in [1.29, 1.82) is 0 Å². The average Bonchev–Trinajstić information content (AvgIpc) is 2.81. The van der Waals surface area contributed by atoms with Crippen molar-refractivity contribution in [1.82, 2.24) is 5.16 Å². The Bertz CT molecular complexity index is 449. The first-order valence-electron chi connectivity index (χ1n) is 7.37. The molecule has 1 aromatic rings. The van der Waals surface area contributed by atoms with E-state index in [-0.39, 0.29) is 12.1 Å². The summed E-state index contributed by atoms with van der Waals surface area (Å²) in [4.78, 5) is 12.3. The second kappa shape index (κ2) is 6.88. The Morgan fingerprint density at radius 3 is 2.80 bits per heavy atom. The maximum atomic E-state index is 12.3. The lowest BCUT2D eigenvalue weighted by atomic mass is 9.95. The highest BCUT2D eigenvalue weighted by molar-refractivity contribution is 5.91. The quantitative estimate of drug-likeness (QED) is 0.777. The molecule has 1 aliphatic heterocycles. The van der Waals surface area contributed by atoms with E-state index in [0.717, 1.165) is 32.5 Å². The molecular weight excluding hydrogens is 258 g/mol. The first-order chi connectivity index (χ1) is 9.63. The third-order valence-corrected chi connectivity index (χ3v) is 3.84. The van der Waals surface area contributed by atoms with Gasteiger partial charge in [-0.15, -0.1) is 0 Å². The Labute approximate surface area is 119 Å². The average molecular weight is 281 g/mol. The monoisotopic (exact) mass is 281 g/mol. The van der Waals surface area contributed by atoms with Gasteiger partial charge in [0.05, 0.1) is 5.69 Å². The van der Waals surface area contributed by atoms with Crippen LogP contribution in [0.2, 0.25) is 0 Å². The summed E-state index contributed by atoms with van der Waals surface area (Å²) in [6, 6.07) is 0. The number of carbonyl (C=O) groups excluding carboxylic acids is 1. The van der Waals surface area contributed by atoms with Gasteiger partial charge in [0.15, 0.2) is 5.76 Å². The number of aromatic nitrogens is 1. The van der Waals surface area contributed by atoms with Gasteiger partial charge in [0, 0.05) is 25.6 Å². The number of hydrogen-bond donors (Lipinski definition) is 0. The maximum absolute atomic E-state index is 12.3. The van der Waals surface area contributed by atoms with Gasteiger partial charge in [-0.25, -0.2) is 4.79 Å². The van der Waals surface area contributed by atoms with Crippen molar-refractivity contribution in [2.24, 2.45) is 5.92 Å². The lowest BCUT2D eigenvalue weighted by Crippen LogP contribution is -2.29. The van der Waals surface area contributed by atoms with E-state index in [0.29, 0.717) is 29.4 Å². The van der Waals surface area contributed by atoms with Crippen LogP contribution in [0, 0.1) is 12.8 Å². The molecule has 2 rings (SSSR count). The standard InChI is InChI=1S/C15H23NO4/c1-4-5-13-14(10(2)16-20-13)15(17)19-11(3)12-6-8-18-9-7-12/h11-12H,4-9H2,1-3H3. The highest BCUT2D eigenvalue weighted by atomic mass is 16.5. The number of carbonyl (C=O) groups is 1. The molecule has 20 heavy (non-hydrogen) atoms. The Morgan fingerprint density at radius 2 is 2.15 bits per heavy atom. The summed E-state index contributed by atoms with van der Waals surface area (Å²) in [5.41, 5.74) is 1.11. The first-order valence-corrected chi connectivity index (χ1v) is 7.37. The van der Waals surface area contributed by atoms with Gasteiger partial charge in [0.25, 0.3) is 0 Å². The molecule has 0 radical (unpaired) electrons. The third-order valence-electron chi connectivity index (χ3n) is 3.84. The van der Waals surface area contributed by atoms with Crippen molar-refractivity contribution in [2.45, 2.75) is 52.6 Å². The van der Waals surface area contributed by atoms with Gasteiger partial charge >= 0.3 is 5.97 Å². The number of aryl methyl sites for hydroxylation is 2. The third kappa shape index (κ3) is 3.39. The van der Waals surface area contributed by atoms with Crippen LogP contribution in [0.25, 0.3) is 0 Å². The molecule has 5 heteroatoms. The van der Waals surface area contributed by atoms with Crippen molar-refractivity contribution < 1.29 is 18.8 Å². The van der Waals surface area contributed by atoms with E-state index in [1.165, 1.54) is 0 Å². The fraction of sp³-hybridized carbons (Fsp3) is 0.733. The molecule has 5 nitrogen and oxygen atoms in total. The van der Waals surface area contributed by atoms with Crippen LogP contribution in [0.15, 0.2) is 4.52 Å². The molecule has 1 atom stereocenters. The van der Waals surface area contributed by atoms with Crippen LogP contribution < -0.4 is 0 Å². The predicted molar refractivity (Wildman–Crippen MR) is 73.7 cm³/mol. The molecular formula is C15H23NO4. The molecule has 1 saturated heterocycles. The van der Waals surface area contributed by atoms with Crippen molar-refractivity contribution >= 4 is 5.97 Å². The SMILES string of the molecule is CCCc1onc(C)c1C(=O)OC(C)C1CCOCC1.